The molecule has 522 valence electrons. The maximum atomic E-state index is 5.63. The molecule has 0 atom stereocenters. The molecule has 7 heteroatoms. The molecule has 8 rings (SSSR count). The van der Waals surface area contributed by atoms with E-state index in [2.05, 4.69) is 175 Å². The third-order valence-electron chi connectivity index (χ3n) is 16.9. The van der Waals surface area contributed by atoms with Crippen LogP contribution in [0.3, 0.4) is 0 Å². The van der Waals surface area contributed by atoms with E-state index >= 15 is 0 Å². The van der Waals surface area contributed by atoms with Gasteiger partial charge in [0.1, 0.15) is 0 Å². The van der Waals surface area contributed by atoms with Crippen LogP contribution in [0.1, 0.15) is 384 Å². The number of nitrogens with zero attached hydrogens (tertiary/aromatic N) is 6. The van der Waals surface area contributed by atoms with Crippen molar-refractivity contribution in [1.82, 2.24) is 29.6 Å². The lowest BCUT2D eigenvalue weighted by molar-refractivity contribution is -0.216. The monoisotopic (exact) mass is 1210 g/mol. The van der Waals surface area contributed by atoms with Gasteiger partial charge in [0.15, 0.2) is 0 Å². The van der Waals surface area contributed by atoms with Gasteiger partial charge in [0.25, 0.3) is 0 Å². The van der Waals surface area contributed by atoms with Gasteiger partial charge in [-0.1, -0.05) is 169 Å². The Morgan fingerprint density at radius 1 is 0.259 bits per heavy atom. The van der Waals surface area contributed by atoms with Crippen molar-refractivity contribution in [2.75, 3.05) is 78.5 Å². The SMILES string of the molecule is CC.CC.CC.CC.CC.CC.CC.CC(C)(C)C1CCCCC1.CC(C)(C)N1CC2(CCC2)C1.CC(C)(C)N1CCCC1.CC(C)(C)N1CCCCC1.CC(C)(C)N1CCCCC1.CC(C)(C)N1CCCCCC1.CC(C)(C)ON1CCCC1. The third kappa shape index (κ3) is 50.0. The molecule has 8 fully saturated rings. The van der Waals surface area contributed by atoms with Crippen molar-refractivity contribution >= 4 is 0 Å². The van der Waals surface area contributed by atoms with Crippen LogP contribution in [0.15, 0.2) is 0 Å². The number of likely N-dealkylation sites (tertiary alicyclic amines) is 5. The van der Waals surface area contributed by atoms with Crippen LogP contribution in [0.25, 0.3) is 0 Å². The molecule has 0 aromatic carbocycles. The topological polar surface area (TPSA) is 28.7 Å². The number of hydrogen-bond acceptors (Lipinski definition) is 7. The number of rotatable bonds is 1. The van der Waals surface area contributed by atoms with Gasteiger partial charge in [0.05, 0.1) is 5.60 Å². The average Bonchev–Trinajstić information content (AvgIpc) is 3.27. The van der Waals surface area contributed by atoms with E-state index in [0.717, 1.165) is 24.4 Å². The predicted octanol–water partition coefficient (Wildman–Crippen LogP) is 24.0. The van der Waals surface area contributed by atoms with Gasteiger partial charge in [0, 0.05) is 53.9 Å². The summed E-state index contributed by atoms with van der Waals surface area (Å²) in [6.45, 7) is 91.4. The molecular formula is C78H174N6O. The zero-order chi connectivity index (χ0) is 67.8. The summed E-state index contributed by atoms with van der Waals surface area (Å²) in [6, 6.07) is 0. The Labute approximate surface area is 543 Å². The van der Waals surface area contributed by atoms with E-state index in [9.17, 15) is 0 Å². The van der Waals surface area contributed by atoms with Gasteiger partial charge in [-0.15, -0.1) is 0 Å². The molecule has 7 nitrogen and oxygen atoms in total. The minimum absolute atomic E-state index is 0.00958. The Bertz CT molecular complexity index is 1250. The largest absolute Gasteiger partial charge is 0.298 e. The lowest BCUT2D eigenvalue weighted by Gasteiger charge is -2.60. The molecule has 0 unspecified atom stereocenters. The summed E-state index contributed by atoms with van der Waals surface area (Å²) in [5.41, 5.74) is 3.39. The second-order valence-corrected chi connectivity index (χ2v) is 30.8. The van der Waals surface area contributed by atoms with Crippen LogP contribution >= 0.6 is 0 Å². The molecular weight excluding hydrogens is 1040 g/mol. The Kier molecular flexibility index (Phi) is 60.0. The van der Waals surface area contributed by atoms with Crippen molar-refractivity contribution in [3.8, 4) is 0 Å². The zero-order valence-corrected chi connectivity index (χ0v) is 66.7. The summed E-state index contributed by atoms with van der Waals surface area (Å²) in [7, 11) is 0. The van der Waals surface area contributed by atoms with Crippen LogP contribution in [0.5, 0.6) is 0 Å². The fourth-order valence-corrected chi connectivity index (χ4v) is 11.6. The summed E-state index contributed by atoms with van der Waals surface area (Å²) < 4.78 is 0. The van der Waals surface area contributed by atoms with Gasteiger partial charge in [-0.3, -0.25) is 29.3 Å². The first-order valence-electron chi connectivity index (χ1n) is 37.8. The van der Waals surface area contributed by atoms with Crippen LogP contribution in [-0.2, 0) is 4.84 Å². The van der Waals surface area contributed by atoms with E-state index in [0.29, 0.717) is 33.1 Å². The highest BCUT2D eigenvalue weighted by molar-refractivity contribution is 5.03. The summed E-state index contributed by atoms with van der Waals surface area (Å²) in [5.74, 6) is 1.00. The number of hydrogen-bond donors (Lipinski definition) is 0. The van der Waals surface area contributed by atoms with Crippen molar-refractivity contribution in [3.63, 3.8) is 0 Å². The molecule has 0 radical (unpaired) electrons. The van der Waals surface area contributed by atoms with E-state index in [1.165, 1.54) is 207 Å². The van der Waals surface area contributed by atoms with Crippen molar-refractivity contribution in [2.45, 2.75) is 417 Å². The molecule has 2 saturated carbocycles. The minimum Gasteiger partial charge on any atom is -0.298 e. The van der Waals surface area contributed by atoms with Gasteiger partial charge in [-0.05, 0) is 284 Å². The molecule has 85 heavy (non-hydrogen) atoms. The van der Waals surface area contributed by atoms with Crippen molar-refractivity contribution < 1.29 is 4.84 Å². The maximum Gasteiger partial charge on any atom is 0.0815 e. The molecule has 0 bridgehead atoms. The van der Waals surface area contributed by atoms with E-state index in [1.54, 1.807) is 0 Å². The maximum absolute atomic E-state index is 5.63. The van der Waals surface area contributed by atoms with E-state index in [4.69, 9.17) is 4.84 Å². The summed E-state index contributed by atoms with van der Waals surface area (Å²) in [4.78, 5) is 18.6. The van der Waals surface area contributed by atoms with Crippen LogP contribution < -0.4 is 0 Å². The molecule has 6 aliphatic heterocycles. The Morgan fingerprint density at radius 2 is 0.471 bits per heavy atom. The summed E-state index contributed by atoms with van der Waals surface area (Å²) in [5, 5.41) is 2.07. The van der Waals surface area contributed by atoms with E-state index in [-0.39, 0.29) is 5.60 Å². The van der Waals surface area contributed by atoms with Gasteiger partial charge >= 0.3 is 0 Å². The first kappa shape index (κ1) is 95.8. The first-order valence-corrected chi connectivity index (χ1v) is 37.8. The fourth-order valence-electron chi connectivity index (χ4n) is 11.6. The van der Waals surface area contributed by atoms with Crippen molar-refractivity contribution in [2.24, 2.45) is 16.7 Å². The van der Waals surface area contributed by atoms with Crippen LogP contribution in [0.2, 0.25) is 0 Å². The average molecular weight is 1210 g/mol. The number of hydroxylamine groups is 2. The van der Waals surface area contributed by atoms with E-state index < -0.39 is 0 Å². The Morgan fingerprint density at radius 3 is 0.659 bits per heavy atom. The molecule has 6 saturated heterocycles. The normalized spacial score (nSPS) is 20.5. The van der Waals surface area contributed by atoms with Gasteiger partial charge < -0.3 is 0 Å². The lowest BCUT2D eigenvalue weighted by atomic mass is 9.62. The summed E-state index contributed by atoms with van der Waals surface area (Å²) >= 11 is 0. The predicted molar refractivity (Wildman–Crippen MR) is 395 cm³/mol. The van der Waals surface area contributed by atoms with Crippen LogP contribution in [0, 0.1) is 16.7 Å². The quantitative estimate of drug-likeness (QED) is 0.258. The Hall–Kier alpha value is -0.280. The molecule has 8 aliphatic rings. The third-order valence-corrected chi connectivity index (χ3v) is 16.9. The smallest absolute Gasteiger partial charge is 0.0815 e. The van der Waals surface area contributed by atoms with Crippen molar-refractivity contribution in [3.05, 3.63) is 0 Å². The van der Waals surface area contributed by atoms with Crippen LogP contribution in [-0.4, -0.2) is 141 Å². The summed E-state index contributed by atoms with van der Waals surface area (Å²) in [6.07, 6.45) is 31.4. The highest BCUT2D eigenvalue weighted by atomic mass is 16.7. The first-order chi connectivity index (χ1) is 39.6. The second kappa shape index (κ2) is 53.3. The fraction of sp³-hybridized carbons (Fsp3) is 1.00. The highest BCUT2D eigenvalue weighted by Gasteiger charge is 2.50. The van der Waals surface area contributed by atoms with Gasteiger partial charge in [0.2, 0.25) is 0 Å². The molecule has 0 amide bonds. The molecule has 0 aromatic heterocycles. The van der Waals surface area contributed by atoms with E-state index in [1.807, 2.05) is 96.9 Å². The van der Waals surface area contributed by atoms with Crippen LogP contribution in [0.4, 0.5) is 0 Å². The molecule has 0 N–H and O–H groups in total. The van der Waals surface area contributed by atoms with Gasteiger partial charge in [-0.2, -0.15) is 5.06 Å². The standard InChI is InChI=1S/C10H19N.C10H21N.C10H20.2C9H19N.C8H17NO.C8H17N.7C2H6/c1-9(2,3)11-7-10(8-11)5-4-6-10;1-10(2,3)11-8-6-4-5-7-9-11;1-10(2,3)9-7-5-4-6-8-9;2*1-9(2,3)10-7-5-4-6-8-10;1-8(2,3)10-9-6-4-5-7-9;1-8(2,3)9-6-4-5-7-9;7*1-2/h4-8H2,1-3H3;4-9H2,1-3H3;9H,4-8H2,1-3H3;2*4-8H2,1-3H3;4-7H2,1-3H3;4-7H2,1-3H3;7*1-2H3. The van der Waals surface area contributed by atoms with Crippen molar-refractivity contribution in [1.29, 1.82) is 0 Å². The highest BCUT2D eigenvalue weighted by Crippen LogP contribution is 2.50. The number of piperidine rings is 2. The zero-order valence-electron chi connectivity index (χ0n) is 66.7. The lowest BCUT2D eigenvalue weighted by Crippen LogP contribution is -2.64. The van der Waals surface area contributed by atoms with Gasteiger partial charge in [-0.25, -0.2) is 0 Å². The Balaban J connectivity index is -0.000000207. The second-order valence-electron chi connectivity index (χ2n) is 30.8. The molecule has 6 heterocycles. The molecule has 2 aliphatic carbocycles. The minimum atomic E-state index is -0.00958. The molecule has 1 spiro atoms. The molecule has 0 aromatic rings.